The molecule has 0 aliphatic heterocycles. The van der Waals surface area contributed by atoms with Gasteiger partial charge < -0.3 is 10.5 Å². The topological polar surface area (TPSA) is 64.0 Å². The first-order valence-electron chi connectivity index (χ1n) is 7.25. The summed E-state index contributed by atoms with van der Waals surface area (Å²) in [6, 6.07) is 15.9. The molecule has 2 aromatic carbocycles. The van der Waals surface area contributed by atoms with E-state index in [0.29, 0.717) is 44.6 Å². The zero-order valence-electron chi connectivity index (χ0n) is 12.8. The van der Waals surface area contributed by atoms with Crippen molar-refractivity contribution in [1.29, 1.82) is 5.26 Å². The Balaban J connectivity index is 2.03. The summed E-state index contributed by atoms with van der Waals surface area (Å²) in [5.74, 6) is 0.776. The predicted octanol–water partition coefficient (Wildman–Crippen LogP) is 5.74. The third-order valence-electron chi connectivity index (χ3n) is 3.58. The molecule has 1 heterocycles. The van der Waals surface area contributed by atoms with Crippen molar-refractivity contribution in [1.82, 2.24) is 4.57 Å². The lowest BCUT2D eigenvalue weighted by Crippen LogP contribution is -2.05. The lowest BCUT2D eigenvalue weighted by molar-refractivity contribution is 0.437. The van der Waals surface area contributed by atoms with E-state index in [1.54, 1.807) is 53.1 Å². The van der Waals surface area contributed by atoms with Crippen molar-refractivity contribution >= 4 is 40.5 Å². The van der Waals surface area contributed by atoms with Gasteiger partial charge in [-0.25, -0.2) is 0 Å². The second-order valence-corrected chi connectivity index (χ2v) is 6.51. The van der Waals surface area contributed by atoms with Crippen LogP contribution in [0.1, 0.15) is 11.3 Å². The number of anilines is 1. The molecule has 0 fully saturated rings. The SMILES string of the molecule is N#Cc1cc(N)c(Oc2ccccc2Cl)n1Cc1ccc(Cl)cc1Cl. The van der Waals surface area contributed by atoms with Crippen LogP contribution in [0.15, 0.2) is 48.5 Å². The number of nitrogen functional groups attached to an aromatic ring is 1. The van der Waals surface area contributed by atoms with Crippen LogP contribution in [0.5, 0.6) is 11.6 Å². The quantitative estimate of drug-likeness (QED) is 0.615. The molecule has 4 nitrogen and oxygen atoms in total. The third kappa shape index (κ3) is 3.69. The van der Waals surface area contributed by atoms with Gasteiger partial charge in [0, 0.05) is 16.1 Å². The second-order valence-electron chi connectivity index (χ2n) is 5.26. The highest BCUT2D eigenvalue weighted by Gasteiger charge is 2.17. The molecule has 25 heavy (non-hydrogen) atoms. The molecule has 0 saturated carbocycles. The summed E-state index contributed by atoms with van der Waals surface area (Å²) in [5, 5.41) is 10.9. The highest BCUT2D eigenvalue weighted by molar-refractivity contribution is 6.35. The number of aromatic nitrogens is 1. The number of benzene rings is 2. The Morgan fingerprint density at radius 3 is 2.48 bits per heavy atom. The standard InChI is InChI=1S/C18H12Cl3N3O/c19-12-6-5-11(15(21)7-12)10-24-13(9-22)8-16(23)18(24)25-17-4-2-1-3-14(17)20/h1-8H,10,23H2. The molecule has 0 atom stereocenters. The van der Waals surface area contributed by atoms with Gasteiger partial charge in [-0.3, -0.25) is 4.57 Å². The van der Waals surface area contributed by atoms with Gasteiger partial charge in [-0.05, 0) is 29.8 Å². The van der Waals surface area contributed by atoms with Crippen LogP contribution in [0.3, 0.4) is 0 Å². The molecule has 3 rings (SSSR count). The van der Waals surface area contributed by atoms with Crippen LogP contribution >= 0.6 is 34.8 Å². The molecule has 126 valence electrons. The van der Waals surface area contributed by atoms with Crippen molar-refractivity contribution in [2.75, 3.05) is 5.73 Å². The lowest BCUT2D eigenvalue weighted by atomic mass is 10.2. The molecule has 0 aliphatic carbocycles. The normalized spacial score (nSPS) is 10.5. The second kappa shape index (κ2) is 7.28. The van der Waals surface area contributed by atoms with Gasteiger partial charge >= 0.3 is 0 Å². The molecule has 0 amide bonds. The number of hydrogen-bond donors (Lipinski definition) is 1. The van der Waals surface area contributed by atoms with Crippen LogP contribution in [0.4, 0.5) is 5.69 Å². The van der Waals surface area contributed by atoms with Crippen LogP contribution in [0.2, 0.25) is 15.1 Å². The van der Waals surface area contributed by atoms with E-state index in [-0.39, 0.29) is 0 Å². The van der Waals surface area contributed by atoms with Crippen LogP contribution in [-0.4, -0.2) is 4.57 Å². The smallest absolute Gasteiger partial charge is 0.224 e. The summed E-state index contributed by atoms with van der Waals surface area (Å²) < 4.78 is 7.52. The monoisotopic (exact) mass is 391 g/mol. The summed E-state index contributed by atoms with van der Waals surface area (Å²) in [6.07, 6.45) is 0. The Labute approximate surface area is 159 Å². The largest absolute Gasteiger partial charge is 0.437 e. The minimum atomic E-state index is 0.301. The summed E-state index contributed by atoms with van der Waals surface area (Å²) in [4.78, 5) is 0. The van der Waals surface area contributed by atoms with Crippen LogP contribution in [0.25, 0.3) is 0 Å². The molecular weight excluding hydrogens is 381 g/mol. The van der Waals surface area contributed by atoms with E-state index in [9.17, 15) is 5.26 Å². The molecule has 0 bridgehead atoms. The highest BCUT2D eigenvalue weighted by Crippen LogP contribution is 2.35. The van der Waals surface area contributed by atoms with Gasteiger partial charge in [-0.15, -0.1) is 0 Å². The van der Waals surface area contributed by atoms with Crippen LogP contribution in [-0.2, 0) is 6.54 Å². The maximum atomic E-state index is 9.41. The van der Waals surface area contributed by atoms with Crippen molar-refractivity contribution in [2.45, 2.75) is 6.54 Å². The zero-order chi connectivity index (χ0) is 18.0. The Morgan fingerprint density at radius 2 is 1.80 bits per heavy atom. The first-order valence-corrected chi connectivity index (χ1v) is 8.38. The number of rotatable bonds is 4. The Hall–Kier alpha value is -2.32. The van der Waals surface area contributed by atoms with E-state index in [4.69, 9.17) is 45.3 Å². The van der Waals surface area contributed by atoms with Gasteiger partial charge in [0.25, 0.3) is 0 Å². The number of ether oxygens (including phenoxy) is 1. The van der Waals surface area contributed by atoms with Crippen molar-refractivity contribution in [3.63, 3.8) is 0 Å². The van der Waals surface area contributed by atoms with Crippen LogP contribution in [0, 0.1) is 11.3 Å². The van der Waals surface area contributed by atoms with E-state index < -0.39 is 0 Å². The number of para-hydroxylation sites is 1. The van der Waals surface area contributed by atoms with Gasteiger partial charge in [0.1, 0.15) is 17.5 Å². The minimum Gasteiger partial charge on any atom is -0.437 e. The van der Waals surface area contributed by atoms with E-state index in [1.807, 2.05) is 0 Å². The average Bonchev–Trinajstić information content (AvgIpc) is 2.88. The molecule has 2 N–H and O–H groups in total. The molecule has 0 radical (unpaired) electrons. The summed E-state index contributed by atoms with van der Waals surface area (Å²) in [6.45, 7) is 0.301. The van der Waals surface area contributed by atoms with Crippen molar-refractivity contribution in [3.05, 3.63) is 74.9 Å². The number of nitriles is 1. The first kappa shape index (κ1) is 17.5. The molecule has 0 spiro atoms. The van der Waals surface area contributed by atoms with E-state index in [2.05, 4.69) is 6.07 Å². The summed E-state index contributed by atoms with van der Waals surface area (Å²) in [7, 11) is 0. The number of nitrogens with zero attached hydrogens (tertiary/aromatic N) is 2. The molecular formula is C18H12Cl3N3O. The third-order valence-corrected chi connectivity index (χ3v) is 4.48. The fourth-order valence-corrected chi connectivity index (χ4v) is 3.01. The maximum Gasteiger partial charge on any atom is 0.224 e. The van der Waals surface area contributed by atoms with Crippen molar-refractivity contribution in [3.8, 4) is 17.7 Å². The first-order chi connectivity index (χ1) is 12.0. The van der Waals surface area contributed by atoms with Gasteiger partial charge in [0.05, 0.1) is 17.3 Å². The van der Waals surface area contributed by atoms with E-state index in [1.165, 1.54) is 0 Å². The highest BCUT2D eigenvalue weighted by atomic mass is 35.5. The zero-order valence-corrected chi connectivity index (χ0v) is 15.1. The van der Waals surface area contributed by atoms with Gasteiger partial charge in [-0.2, -0.15) is 5.26 Å². The lowest BCUT2D eigenvalue weighted by Gasteiger charge is -2.14. The Bertz CT molecular complexity index is 976. The van der Waals surface area contributed by atoms with Gasteiger partial charge in [-0.1, -0.05) is 53.0 Å². The van der Waals surface area contributed by atoms with Gasteiger partial charge in [0.15, 0.2) is 0 Å². The fourth-order valence-electron chi connectivity index (χ4n) is 2.37. The number of hydrogen-bond acceptors (Lipinski definition) is 3. The minimum absolute atomic E-state index is 0.301. The predicted molar refractivity (Wildman–Crippen MR) is 101 cm³/mol. The molecule has 0 saturated heterocycles. The van der Waals surface area contributed by atoms with E-state index in [0.717, 1.165) is 5.56 Å². The molecule has 3 aromatic rings. The van der Waals surface area contributed by atoms with Crippen LogP contribution < -0.4 is 10.5 Å². The number of halogens is 3. The van der Waals surface area contributed by atoms with Crippen molar-refractivity contribution in [2.24, 2.45) is 0 Å². The van der Waals surface area contributed by atoms with Gasteiger partial charge in [0.2, 0.25) is 5.88 Å². The Kier molecular flexibility index (Phi) is 5.10. The molecule has 0 unspecified atom stereocenters. The number of nitrogens with two attached hydrogens (primary N) is 1. The summed E-state index contributed by atoms with van der Waals surface area (Å²) in [5.41, 5.74) is 7.50. The average molecular weight is 393 g/mol. The summed E-state index contributed by atoms with van der Waals surface area (Å²) >= 11 is 18.3. The molecule has 1 aromatic heterocycles. The Morgan fingerprint density at radius 1 is 1.04 bits per heavy atom. The van der Waals surface area contributed by atoms with Crippen molar-refractivity contribution < 1.29 is 4.74 Å². The maximum absolute atomic E-state index is 9.41. The van der Waals surface area contributed by atoms with E-state index >= 15 is 0 Å². The fraction of sp³-hybridized carbons (Fsp3) is 0.0556. The molecule has 0 aliphatic rings. The molecule has 7 heteroatoms.